The maximum Gasteiger partial charge on any atom is 0.418 e. The van der Waals surface area contributed by atoms with Gasteiger partial charge in [0.2, 0.25) is 0 Å². The fourth-order valence-corrected chi connectivity index (χ4v) is 3.15. The Morgan fingerprint density at radius 1 is 1.10 bits per heavy atom. The predicted molar refractivity (Wildman–Crippen MR) is 92.5 cm³/mol. The number of rotatable bonds is 3. The van der Waals surface area contributed by atoms with Crippen molar-refractivity contribution in [1.82, 2.24) is 15.0 Å². The number of anilines is 1. The van der Waals surface area contributed by atoms with E-state index in [0.717, 1.165) is 23.6 Å². The van der Waals surface area contributed by atoms with Crippen LogP contribution in [0.4, 0.5) is 31.5 Å². The van der Waals surface area contributed by atoms with E-state index < -0.39 is 35.1 Å². The van der Waals surface area contributed by atoms with E-state index in [2.05, 4.69) is 20.3 Å². The van der Waals surface area contributed by atoms with Crippen LogP contribution in [0, 0.1) is 0 Å². The van der Waals surface area contributed by atoms with Gasteiger partial charge in [-0.2, -0.15) is 26.3 Å². The van der Waals surface area contributed by atoms with Crippen LogP contribution in [0.2, 0.25) is 5.02 Å². The molecule has 3 rings (SSSR count). The molecule has 0 aliphatic heterocycles. The number of pyridine rings is 2. The Balaban J connectivity index is 1.84. The number of alkyl halides is 6. The molecular weight excluding hydrogens is 446 g/mol. The Morgan fingerprint density at radius 2 is 1.83 bits per heavy atom. The van der Waals surface area contributed by atoms with Crippen molar-refractivity contribution in [2.24, 2.45) is 0 Å². The first kappa shape index (κ1) is 21.0. The zero-order valence-electron chi connectivity index (χ0n) is 13.8. The van der Waals surface area contributed by atoms with Crippen LogP contribution in [0.15, 0.2) is 36.0 Å². The van der Waals surface area contributed by atoms with Crippen LogP contribution in [0.3, 0.4) is 0 Å². The highest BCUT2D eigenvalue weighted by Gasteiger charge is 2.36. The molecule has 1 amide bonds. The second-order valence-electron chi connectivity index (χ2n) is 5.44. The quantitative estimate of drug-likeness (QED) is 0.530. The first-order valence-corrected chi connectivity index (χ1v) is 8.75. The minimum absolute atomic E-state index is 0.0427. The second kappa shape index (κ2) is 7.59. The van der Waals surface area contributed by atoms with Crippen LogP contribution in [0.1, 0.15) is 21.6 Å². The van der Waals surface area contributed by atoms with Crippen molar-refractivity contribution in [3.8, 4) is 11.4 Å². The van der Waals surface area contributed by atoms with E-state index in [4.69, 9.17) is 11.6 Å². The van der Waals surface area contributed by atoms with Gasteiger partial charge in [0.15, 0.2) is 5.13 Å². The molecule has 3 aromatic rings. The SMILES string of the molecule is O=C(Nc1nc(-c2ncc(C(F)(F)F)cc2Cl)cs1)c1ncccc1C(F)(F)F. The Kier molecular flexibility index (Phi) is 5.50. The standard InChI is InChI=1S/C16H7ClF6N4OS/c17-9-4-7(15(18,19)20)5-25-12(9)10-6-29-14(26-10)27-13(28)11-8(16(21,22)23)2-1-3-24-11/h1-6H,(H,26,27,28). The normalized spacial score (nSPS) is 12.1. The summed E-state index contributed by atoms with van der Waals surface area (Å²) in [6.45, 7) is 0. The maximum atomic E-state index is 13.0. The molecule has 0 unspecified atom stereocenters. The zero-order valence-corrected chi connectivity index (χ0v) is 15.3. The number of halogens is 7. The summed E-state index contributed by atoms with van der Waals surface area (Å²) < 4.78 is 77.0. The van der Waals surface area contributed by atoms with Gasteiger partial charge in [0.05, 0.1) is 16.1 Å². The lowest BCUT2D eigenvalue weighted by molar-refractivity contribution is -0.138. The molecule has 29 heavy (non-hydrogen) atoms. The molecule has 0 saturated heterocycles. The summed E-state index contributed by atoms with van der Waals surface area (Å²) in [6, 6.07) is 2.42. The number of amides is 1. The molecule has 0 aliphatic rings. The van der Waals surface area contributed by atoms with Gasteiger partial charge in [-0.25, -0.2) is 4.98 Å². The summed E-state index contributed by atoms with van der Waals surface area (Å²) in [5.41, 5.74) is -3.15. The van der Waals surface area contributed by atoms with Gasteiger partial charge in [-0.3, -0.25) is 20.1 Å². The Morgan fingerprint density at radius 3 is 2.45 bits per heavy atom. The van der Waals surface area contributed by atoms with Crippen molar-refractivity contribution in [3.63, 3.8) is 0 Å². The molecule has 0 radical (unpaired) electrons. The number of thiazole rings is 1. The van der Waals surface area contributed by atoms with Gasteiger partial charge in [-0.15, -0.1) is 11.3 Å². The van der Waals surface area contributed by atoms with E-state index in [1.165, 1.54) is 5.38 Å². The lowest BCUT2D eigenvalue weighted by atomic mass is 10.2. The molecule has 0 fully saturated rings. The minimum atomic E-state index is -4.79. The number of nitrogens with one attached hydrogen (secondary N) is 1. The van der Waals surface area contributed by atoms with Gasteiger partial charge < -0.3 is 0 Å². The van der Waals surface area contributed by atoms with Gasteiger partial charge in [-0.05, 0) is 18.2 Å². The molecule has 3 heterocycles. The van der Waals surface area contributed by atoms with E-state index in [1.807, 2.05) is 0 Å². The highest BCUT2D eigenvalue weighted by molar-refractivity contribution is 7.14. The molecule has 1 N–H and O–H groups in total. The molecule has 0 spiro atoms. The first-order valence-electron chi connectivity index (χ1n) is 7.49. The Labute approximate surface area is 167 Å². The van der Waals surface area contributed by atoms with Crippen molar-refractivity contribution in [2.75, 3.05) is 5.32 Å². The number of carbonyl (C=O) groups excluding carboxylic acids is 1. The van der Waals surface area contributed by atoms with Crippen LogP contribution in [-0.2, 0) is 12.4 Å². The first-order chi connectivity index (χ1) is 13.5. The number of aromatic nitrogens is 3. The third kappa shape index (κ3) is 4.65. The van der Waals surface area contributed by atoms with E-state index in [-0.39, 0.29) is 21.5 Å². The van der Waals surface area contributed by atoms with Crippen molar-refractivity contribution in [2.45, 2.75) is 12.4 Å². The summed E-state index contributed by atoms with van der Waals surface area (Å²) in [5, 5.41) is 3.07. The third-order valence-corrected chi connectivity index (χ3v) is 4.51. The molecule has 0 saturated carbocycles. The van der Waals surface area contributed by atoms with Gasteiger partial charge >= 0.3 is 12.4 Å². The largest absolute Gasteiger partial charge is 0.418 e. The Hall–Kier alpha value is -2.73. The fraction of sp³-hybridized carbons (Fsp3) is 0.125. The molecule has 0 aliphatic carbocycles. The molecular formula is C16H7ClF6N4OS. The number of hydrogen-bond acceptors (Lipinski definition) is 5. The summed E-state index contributed by atoms with van der Waals surface area (Å²) >= 11 is 6.66. The van der Waals surface area contributed by atoms with Gasteiger partial charge in [-0.1, -0.05) is 11.6 Å². The highest BCUT2D eigenvalue weighted by Crippen LogP contribution is 2.35. The number of nitrogens with zero attached hydrogens (tertiary/aromatic N) is 3. The van der Waals surface area contributed by atoms with Crippen LogP contribution >= 0.6 is 22.9 Å². The van der Waals surface area contributed by atoms with E-state index in [1.54, 1.807) is 0 Å². The lowest BCUT2D eigenvalue weighted by Crippen LogP contribution is -2.20. The lowest BCUT2D eigenvalue weighted by Gasteiger charge is -2.10. The average molecular weight is 453 g/mol. The summed E-state index contributed by atoms with van der Waals surface area (Å²) in [5.74, 6) is -1.15. The third-order valence-electron chi connectivity index (χ3n) is 3.46. The second-order valence-corrected chi connectivity index (χ2v) is 6.71. The highest BCUT2D eigenvalue weighted by atomic mass is 35.5. The van der Waals surface area contributed by atoms with Crippen molar-refractivity contribution in [3.05, 3.63) is 57.8 Å². The Bertz CT molecular complexity index is 1070. The van der Waals surface area contributed by atoms with Gasteiger partial charge in [0, 0.05) is 17.8 Å². The van der Waals surface area contributed by atoms with Crippen LogP contribution < -0.4 is 5.32 Å². The molecule has 5 nitrogen and oxygen atoms in total. The number of carbonyl (C=O) groups is 1. The van der Waals surface area contributed by atoms with Crippen molar-refractivity contribution in [1.29, 1.82) is 0 Å². The molecule has 152 valence electrons. The average Bonchev–Trinajstić information content (AvgIpc) is 3.08. The van der Waals surface area contributed by atoms with Crippen LogP contribution in [0.5, 0.6) is 0 Å². The fourth-order valence-electron chi connectivity index (χ4n) is 2.19. The topological polar surface area (TPSA) is 67.8 Å². The van der Waals surface area contributed by atoms with E-state index >= 15 is 0 Å². The van der Waals surface area contributed by atoms with Crippen molar-refractivity contribution < 1.29 is 31.1 Å². The summed E-state index contributed by atoms with van der Waals surface area (Å²) in [4.78, 5) is 23.2. The molecule has 13 heteroatoms. The molecule has 0 atom stereocenters. The molecule has 3 aromatic heterocycles. The molecule has 0 bridgehead atoms. The van der Waals surface area contributed by atoms with Gasteiger partial charge in [0.25, 0.3) is 5.91 Å². The van der Waals surface area contributed by atoms with Crippen LogP contribution in [-0.4, -0.2) is 20.9 Å². The monoisotopic (exact) mass is 452 g/mol. The van der Waals surface area contributed by atoms with Crippen LogP contribution in [0.25, 0.3) is 11.4 Å². The predicted octanol–water partition coefficient (Wildman–Crippen LogP) is 5.54. The molecule has 0 aromatic carbocycles. The zero-order chi connectivity index (χ0) is 21.4. The minimum Gasteiger partial charge on any atom is -0.296 e. The van der Waals surface area contributed by atoms with E-state index in [0.29, 0.717) is 18.3 Å². The van der Waals surface area contributed by atoms with E-state index in [9.17, 15) is 31.1 Å². The van der Waals surface area contributed by atoms with Crippen molar-refractivity contribution >= 4 is 34.0 Å². The van der Waals surface area contributed by atoms with Gasteiger partial charge in [0.1, 0.15) is 17.1 Å². The summed E-state index contributed by atoms with van der Waals surface area (Å²) in [7, 11) is 0. The summed E-state index contributed by atoms with van der Waals surface area (Å²) in [6.07, 6.45) is -7.81. The smallest absolute Gasteiger partial charge is 0.296 e. The number of hydrogen-bond donors (Lipinski definition) is 1. The maximum absolute atomic E-state index is 13.0.